The molecule has 0 spiro atoms. The molecule has 1 aromatic carbocycles. The van der Waals surface area contributed by atoms with Crippen LogP contribution in [0.15, 0.2) is 16.6 Å². The Morgan fingerprint density at radius 2 is 1.94 bits per heavy atom. The van der Waals surface area contributed by atoms with Gasteiger partial charge >= 0.3 is 0 Å². The van der Waals surface area contributed by atoms with E-state index in [4.69, 9.17) is 0 Å². The molecule has 0 saturated carbocycles. The van der Waals surface area contributed by atoms with Gasteiger partial charge in [0, 0.05) is 16.3 Å². The smallest absolute Gasteiger partial charge is 0.152 e. The number of hydrogen-bond donors (Lipinski definition) is 1. The van der Waals surface area contributed by atoms with Crippen LogP contribution in [0, 0.1) is 13.8 Å². The fourth-order valence-electron chi connectivity index (χ4n) is 1.89. The second-order valence-electron chi connectivity index (χ2n) is 4.68. The first kappa shape index (κ1) is 15.5. The van der Waals surface area contributed by atoms with Crippen LogP contribution >= 0.6 is 15.9 Å². The molecule has 0 aliphatic heterocycles. The molecule has 0 aliphatic carbocycles. The SMILES string of the molecule is CCS(=O)(=O)CC(C)Nc1c(C)cc(C)cc1Br. The lowest BCUT2D eigenvalue weighted by atomic mass is 10.1. The van der Waals surface area contributed by atoms with Crippen molar-refractivity contribution in [3.63, 3.8) is 0 Å². The average molecular weight is 334 g/mol. The van der Waals surface area contributed by atoms with Gasteiger partial charge in [0.2, 0.25) is 0 Å². The molecule has 0 aliphatic rings. The summed E-state index contributed by atoms with van der Waals surface area (Å²) >= 11 is 3.51. The van der Waals surface area contributed by atoms with Crippen molar-refractivity contribution in [2.45, 2.75) is 33.7 Å². The van der Waals surface area contributed by atoms with E-state index in [-0.39, 0.29) is 17.5 Å². The van der Waals surface area contributed by atoms with Crippen molar-refractivity contribution in [3.05, 3.63) is 27.7 Å². The zero-order valence-electron chi connectivity index (χ0n) is 11.2. The summed E-state index contributed by atoms with van der Waals surface area (Å²) in [6.07, 6.45) is 0. The molecule has 0 radical (unpaired) electrons. The topological polar surface area (TPSA) is 46.2 Å². The van der Waals surface area contributed by atoms with E-state index in [0.717, 1.165) is 15.7 Å². The van der Waals surface area contributed by atoms with Crippen LogP contribution in [0.4, 0.5) is 5.69 Å². The van der Waals surface area contributed by atoms with Crippen molar-refractivity contribution in [3.8, 4) is 0 Å². The normalized spacial score (nSPS) is 13.4. The van der Waals surface area contributed by atoms with Gasteiger partial charge in [0.15, 0.2) is 9.84 Å². The van der Waals surface area contributed by atoms with Gasteiger partial charge in [0.1, 0.15) is 0 Å². The van der Waals surface area contributed by atoms with E-state index in [1.54, 1.807) is 6.92 Å². The quantitative estimate of drug-likeness (QED) is 0.899. The Balaban J connectivity index is 2.86. The first-order valence-corrected chi connectivity index (χ1v) is 8.60. The van der Waals surface area contributed by atoms with Crippen molar-refractivity contribution < 1.29 is 8.42 Å². The maximum Gasteiger partial charge on any atom is 0.152 e. The van der Waals surface area contributed by atoms with Crippen LogP contribution in [-0.4, -0.2) is 26.0 Å². The molecule has 3 nitrogen and oxygen atoms in total. The van der Waals surface area contributed by atoms with Crippen molar-refractivity contribution in [1.29, 1.82) is 0 Å². The molecule has 0 aromatic heterocycles. The first-order chi connectivity index (χ1) is 8.25. The van der Waals surface area contributed by atoms with Gasteiger partial charge in [-0.3, -0.25) is 0 Å². The van der Waals surface area contributed by atoms with Gasteiger partial charge in [-0.25, -0.2) is 8.42 Å². The predicted molar refractivity (Wildman–Crippen MR) is 81.0 cm³/mol. The van der Waals surface area contributed by atoms with E-state index in [9.17, 15) is 8.42 Å². The van der Waals surface area contributed by atoms with E-state index in [0.29, 0.717) is 0 Å². The molecule has 1 atom stereocenters. The summed E-state index contributed by atoms with van der Waals surface area (Å²) in [5.74, 6) is 0.344. The van der Waals surface area contributed by atoms with E-state index in [1.165, 1.54) is 5.56 Å². The Hall–Kier alpha value is -0.550. The van der Waals surface area contributed by atoms with Gasteiger partial charge in [0.05, 0.1) is 11.4 Å². The Bertz CT molecular complexity index is 503. The molecule has 0 saturated heterocycles. The lowest BCUT2D eigenvalue weighted by molar-refractivity contribution is 0.593. The zero-order valence-corrected chi connectivity index (χ0v) is 13.7. The van der Waals surface area contributed by atoms with Crippen LogP contribution in [-0.2, 0) is 9.84 Å². The Labute approximate surface area is 118 Å². The lowest BCUT2D eigenvalue weighted by Crippen LogP contribution is -2.27. The summed E-state index contributed by atoms with van der Waals surface area (Å²) in [7, 11) is -2.95. The molecule has 1 N–H and O–H groups in total. The minimum absolute atomic E-state index is 0.104. The number of rotatable bonds is 5. The van der Waals surface area contributed by atoms with Crippen LogP contribution in [0.1, 0.15) is 25.0 Å². The van der Waals surface area contributed by atoms with Gasteiger partial charge in [-0.2, -0.15) is 0 Å². The van der Waals surface area contributed by atoms with Gasteiger partial charge in [-0.1, -0.05) is 13.0 Å². The maximum atomic E-state index is 11.6. The van der Waals surface area contributed by atoms with Crippen LogP contribution < -0.4 is 5.32 Å². The molecular formula is C13H20BrNO2S. The second kappa shape index (κ2) is 6.06. The Morgan fingerprint density at radius 1 is 1.33 bits per heavy atom. The van der Waals surface area contributed by atoms with Crippen LogP contribution in [0.25, 0.3) is 0 Å². The summed E-state index contributed by atoms with van der Waals surface area (Å²) in [5.41, 5.74) is 3.26. The third-order valence-electron chi connectivity index (χ3n) is 2.77. The third-order valence-corrected chi connectivity index (χ3v) is 5.28. The van der Waals surface area contributed by atoms with E-state index < -0.39 is 9.84 Å². The van der Waals surface area contributed by atoms with Crippen molar-refractivity contribution in [2.75, 3.05) is 16.8 Å². The van der Waals surface area contributed by atoms with E-state index >= 15 is 0 Å². The Kier molecular flexibility index (Phi) is 5.22. The van der Waals surface area contributed by atoms with Crippen LogP contribution in [0.3, 0.4) is 0 Å². The monoisotopic (exact) mass is 333 g/mol. The second-order valence-corrected chi connectivity index (χ2v) is 7.94. The summed E-state index contributed by atoms with van der Waals surface area (Å²) in [6, 6.07) is 4.00. The molecule has 1 aromatic rings. The standard InChI is InChI=1S/C13H20BrNO2S/c1-5-18(16,17)8-11(4)15-13-10(3)6-9(2)7-12(13)14/h6-7,11,15H,5,8H2,1-4H3. The van der Waals surface area contributed by atoms with Crippen LogP contribution in [0.5, 0.6) is 0 Å². The fraction of sp³-hybridized carbons (Fsp3) is 0.538. The number of hydrogen-bond acceptors (Lipinski definition) is 3. The average Bonchev–Trinajstić information content (AvgIpc) is 2.22. The largest absolute Gasteiger partial charge is 0.380 e. The first-order valence-electron chi connectivity index (χ1n) is 5.99. The van der Waals surface area contributed by atoms with Crippen molar-refractivity contribution in [2.24, 2.45) is 0 Å². The van der Waals surface area contributed by atoms with Gasteiger partial charge in [0.25, 0.3) is 0 Å². The summed E-state index contributed by atoms with van der Waals surface area (Å²) < 4.78 is 24.1. The highest BCUT2D eigenvalue weighted by atomic mass is 79.9. The molecule has 102 valence electrons. The number of aryl methyl sites for hydroxylation is 2. The van der Waals surface area contributed by atoms with Crippen LogP contribution in [0.2, 0.25) is 0 Å². The fourth-order valence-corrected chi connectivity index (χ4v) is 3.75. The van der Waals surface area contributed by atoms with E-state index in [2.05, 4.69) is 27.3 Å². The van der Waals surface area contributed by atoms with Gasteiger partial charge in [-0.05, 0) is 53.9 Å². The molecule has 0 bridgehead atoms. The highest BCUT2D eigenvalue weighted by Crippen LogP contribution is 2.28. The number of nitrogens with one attached hydrogen (secondary N) is 1. The molecule has 0 fully saturated rings. The predicted octanol–water partition coefficient (Wildman–Crippen LogP) is 3.30. The number of anilines is 1. The van der Waals surface area contributed by atoms with Crippen molar-refractivity contribution >= 4 is 31.5 Å². The molecule has 1 unspecified atom stereocenters. The maximum absolute atomic E-state index is 11.6. The highest BCUT2D eigenvalue weighted by molar-refractivity contribution is 9.10. The third kappa shape index (κ3) is 4.28. The summed E-state index contributed by atoms with van der Waals surface area (Å²) in [4.78, 5) is 0. The molecule has 1 rings (SSSR count). The minimum Gasteiger partial charge on any atom is -0.380 e. The molecule has 5 heteroatoms. The summed E-state index contributed by atoms with van der Waals surface area (Å²) in [6.45, 7) is 7.61. The number of benzene rings is 1. The minimum atomic E-state index is -2.95. The molecular weight excluding hydrogens is 314 g/mol. The summed E-state index contributed by atoms with van der Waals surface area (Å²) in [5, 5.41) is 3.27. The highest BCUT2D eigenvalue weighted by Gasteiger charge is 2.15. The number of halogens is 1. The van der Waals surface area contributed by atoms with Gasteiger partial charge < -0.3 is 5.32 Å². The Morgan fingerprint density at radius 3 is 2.44 bits per heavy atom. The number of sulfone groups is 1. The van der Waals surface area contributed by atoms with Gasteiger partial charge in [-0.15, -0.1) is 0 Å². The molecule has 0 heterocycles. The lowest BCUT2D eigenvalue weighted by Gasteiger charge is -2.18. The zero-order chi connectivity index (χ0) is 13.9. The molecule has 0 amide bonds. The van der Waals surface area contributed by atoms with Crippen molar-refractivity contribution in [1.82, 2.24) is 0 Å². The van der Waals surface area contributed by atoms with E-state index in [1.807, 2.05) is 26.8 Å². The molecule has 18 heavy (non-hydrogen) atoms.